The topological polar surface area (TPSA) is 63.3 Å². The fourth-order valence-corrected chi connectivity index (χ4v) is 2.72. The monoisotopic (exact) mass is 342 g/mol. The van der Waals surface area contributed by atoms with Gasteiger partial charge in [0.2, 0.25) is 5.91 Å². The summed E-state index contributed by atoms with van der Waals surface area (Å²) in [5, 5.41) is 3.59. The normalized spacial score (nSPS) is 10.7. The van der Waals surface area contributed by atoms with E-state index in [1.165, 1.54) is 12.1 Å². The van der Waals surface area contributed by atoms with Gasteiger partial charge in [0.25, 0.3) is 0 Å². The second-order valence-corrected chi connectivity index (χ2v) is 5.65. The third-order valence-electron chi connectivity index (χ3n) is 4.02. The Bertz CT molecular complexity index is 905. The van der Waals surface area contributed by atoms with Gasteiger partial charge >= 0.3 is 0 Å². The lowest BCUT2D eigenvalue weighted by Crippen LogP contribution is -2.24. The highest BCUT2D eigenvalue weighted by atomic mass is 19.1. The molecule has 1 amide bonds. The SMILES string of the molecule is COc1ccc(CNC(=O)Cc2c[nH]c3ccc(F)cc23)cc1OC. The Balaban J connectivity index is 1.65. The molecule has 0 atom stereocenters. The van der Waals surface area contributed by atoms with Crippen LogP contribution in [0.5, 0.6) is 11.5 Å². The first-order valence-electron chi connectivity index (χ1n) is 7.84. The molecule has 0 saturated heterocycles. The molecule has 2 aromatic carbocycles. The van der Waals surface area contributed by atoms with Crippen LogP contribution in [0.25, 0.3) is 10.9 Å². The molecule has 6 heteroatoms. The van der Waals surface area contributed by atoms with Crippen molar-refractivity contribution in [1.82, 2.24) is 10.3 Å². The number of nitrogens with one attached hydrogen (secondary N) is 2. The van der Waals surface area contributed by atoms with E-state index < -0.39 is 0 Å². The summed E-state index contributed by atoms with van der Waals surface area (Å²) in [6.07, 6.45) is 1.91. The first-order chi connectivity index (χ1) is 12.1. The van der Waals surface area contributed by atoms with E-state index in [9.17, 15) is 9.18 Å². The van der Waals surface area contributed by atoms with E-state index >= 15 is 0 Å². The van der Waals surface area contributed by atoms with Crippen molar-refractivity contribution in [2.75, 3.05) is 14.2 Å². The minimum absolute atomic E-state index is 0.139. The molecule has 0 radical (unpaired) electrons. The molecule has 2 N–H and O–H groups in total. The average Bonchev–Trinajstić information content (AvgIpc) is 3.01. The van der Waals surface area contributed by atoms with Crippen LogP contribution in [0.15, 0.2) is 42.6 Å². The summed E-state index contributed by atoms with van der Waals surface area (Å²) in [5.74, 6) is 0.791. The predicted octanol–water partition coefficient (Wildman–Crippen LogP) is 3.18. The van der Waals surface area contributed by atoms with Gasteiger partial charge in [0.1, 0.15) is 5.82 Å². The molecule has 25 heavy (non-hydrogen) atoms. The van der Waals surface area contributed by atoms with E-state index in [1.807, 2.05) is 12.1 Å². The average molecular weight is 342 g/mol. The zero-order valence-electron chi connectivity index (χ0n) is 14.1. The van der Waals surface area contributed by atoms with E-state index in [2.05, 4.69) is 10.3 Å². The number of ether oxygens (including phenoxy) is 2. The first kappa shape index (κ1) is 16.8. The van der Waals surface area contributed by atoms with Gasteiger partial charge in [-0.2, -0.15) is 0 Å². The second kappa shape index (κ2) is 7.25. The van der Waals surface area contributed by atoms with Crippen molar-refractivity contribution >= 4 is 16.8 Å². The number of fused-ring (bicyclic) bond motifs is 1. The summed E-state index contributed by atoms with van der Waals surface area (Å²) in [6, 6.07) is 9.96. The number of halogens is 1. The number of methoxy groups -OCH3 is 2. The minimum Gasteiger partial charge on any atom is -0.493 e. The number of hydrogen-bond acceptors (Lipinski definition) is 3. The van der Waals surface area contributed by atoms with Crippen LogP contribution in [0.2, 0.25) is 0 Å². The van der Waals surface area contributed by atoms with Crippen molar-refractivity contribution in [2.45, 2.75) is 13.0 Å². The van der Waals surface area contributed by atoms with E-state index in [0.717, 1.165) is 22.0 Å². The molecule has 0 aliphatic carbocycles. The Kier molecular flexibility index (Phi) is 4.88. The number of hydrogen-bond donors (Lipinski definition) is 2. The molecule has 0 aliphatic heterocycles. The predicted molar refractivity (Wildman–Crippen MR) is 93.4 cm³/mol. The third kappa shape index (κ3) is 3.74. The number of benzene rings is 2. The molecule has 5 nitrogen and oxygen atoms in total. The Morgan fingerprint density at radius 3 is 2.68 bits per heavy atom. The minimum atomic E-state index is -0.320. The van der Waals surface area contributed by atoms with Gasteiger partial charge in [-0.3, -0.25) is 4.79 Å². The van der Waals surface area contributed by atoms with Crippen LogP contribution in [-0.2, 0) is 17.8 Å². The molecular weight excluding hydrogens is 323 g/mol. The van der Waals surface area contributed by atoms with E-state index in [1.54, 1.807) is 32.5 Å². The standard InChI is InChI=1S/C19H19FN2O3/c1-24-17-6-3-12(7-18(17)25-2)10-22-19(23)8-13-11-21-16-5-4-14(20)9-15(13)16/h3-7,9,11,21H,8,10H2,1-2H3,(H,22,23). The lowest BCUT2D eigenvalue weighted by molar-refractivity contribution is -0.120. The zero-order valence-corrected chi connectivity index (χ0v) is 14.1. The molecular formula is C19H19FN2O3. The van der Waals surface area contributed by atoms with Gasteiger partial charge in [0.05, 0.1) is 20.6 Å². The van der Waals surface area contributed by atoms with Crippen molar-refractivity contribution in [3.63, 3.8) is 0 Å². The highest BCUT2D eigenvalue weighted by Gasteiger charge is 2.10. The van der Waals surface area contributed by atoms with Crippen molar-refractivity contribution in [2.24, 2.45) is 0 Å². The Morgan fingerprint density at radius 1 is 1.12 bits per heavy atom. The summed E-state index contributed by atoms with van der Waals surface area (Å²) in [5.41, 5.74) is 2.47. The summed E-state index contributed by atoms with van der Waals surface area (Å²) >= 11 is 0. The maximum absolute atomic E-state index is 13.4. The van der Waals surface area contributed by atoms with Gasteiger partial charge in [-0.15, -0.1) is 0 Å². The van der Waals surface area contributed by atoms with E-state index in [4.69, 9.17) is 9.47 Å². The number of H-pyrrole nitrogens is 1. The fraction of sp³-hybridized carbons (Fsp3) is 0.211. The number of amides is 1. The van der Waals surface area contributed by atoms with E-state index in [-0.39, 0.29) is 18.1 Å². The van der Waals surface area contributed by atoms with Gasteiger partial charge in [-0.05, 0) is 41.5 Å². The lowest BCUT2D eigenvalue weighted by Gasteiger charge is -2.10. The van der Waals surface area contributed by atoms with Gasteiger partial charge < -0.3 is 19.8 Å². The third-order valence-corrected chi connectivity index (χ3v) is 4.02. The Morgan fingerprint density at radius 2 is 1.92 bits per heavy atom. The quantitative estimate of drug-likeness (QED) is 0.723. The summed E-state index contributed by atoms with van der Waals surface area (Å²) in [6.45, 7) is 0.371. The molecule has 0 saturated carbocycles. The van der Waals surface area contributed by atoms with Crippen molar-refractivity contribution in [3.8, 4) is 11.5 Å². The number of aromatic nitrogens is 1. The Labute approximate surface area is 144 Å². The van der Waals surface area contributed by atoms with Gasteiger partial charge in [-0.25, -0.2) is 4.39 Å². The number of rotatable bonds is 6. The van der Waals surface area contributed by atoms with Crippen molar-refractivity contribution in [3.05, 3.63) is 59.5 Å². The molecule has 130 valence electrons. The van der Waals surface area contributed by atoms with Crippen LogP contribution in [0, 0.1) is 5.82 Å². The lowest BCUT2D eigenvalue weighted by atomic mass is 10.1. The maximum Gasteiger partial charge on any atom is 0.224 e. The molecule has 1 aromatic heterocycles. The molecule has 1 heterocycles. The zero-order chi connectivity index (χ0) is 17.8. The van der Waals surface area contributed by atoms with Crippen LogP contribution < -0.4 is 14.8 Å². The molecule has 0 aliphatic rings. The molecule has 0 spiro atoms. The molecule has 0 fully saturated rings. The molecule has 0 bridgehead atoms. The highest BCUT2D eigenvalue weighted by molar-refractivity contribution is 5.88. The molecule has 3 aromatic rings. The number of aromatic amines is 1. The van der Waals surface area contributed by atoms with Crippen molar-refractivity contribution in [1.29, 1.82) is 0 Å². The Hall–Kier alpha value is -3.02. The number of carbonyl (C=O) groups is 1. The first-order valence-corrected chi connectivity index (χ1v) is 7.84. The highest BCUT2D eigenvalue weighted by Crippen LogP contribution is 2.27. The van der Waals surface area contributed by atoms with E-state index in [0.29, 0.717) is 18.0 Å². The molecule has 0 unspecified atom stereocenters. The van der Waals surface area contributed by atoms with Crippen LogP contribution in [0.1, 0.15) is 11.1 Å². The summed E-state index contributed by atoms with van der Waals surface area (Å²) < 4.78 is 23.8. The maximum atomic E-state index is 13.4. The van der Waals surface area contributed by atoms with Crippen molar-refractivity contribution < 1.29 is 18.7 Å². The van der Waals surface area contributed by atoms with Gasteiger partial charge in [0.15, 0.2) is 11.5 Å². The molecule has 3 rings (SSSR count). The second-order valence-electron chi connectivity index (χ2n) is 5.65. The van der Waals surface area contributed by atoms with Gasteiger partial charge in [-0.1, -0.05) is 6.07 Å². The van der Waals surface area contributed by atoms with Gasteiger partial charge in [0, 0.05) is 23.6 Å². The van der Waals surface area contributed by atoms with Crippen LogP contribution in [0.3, 0.4) is 0 Å². The smallest absolute Gasteiger partial charge is 0.224 e. The number of carbonyl (C=O) groups excluding carboxylic acids is 1. The fourth-order valence-electron chi connectivity index (χ4n) is 2.72. The summed E-state index contributed by atoms with van der Waals surface area (Å²) in [4.78, 5) is 15.3. The largest absolute Gasteiger partial charge is 0.493 e. The van der Waals surface area contributed by atoms with Crippen LogP contribution >= 0.6 is 0 Å². The van der Waals surface area contributed by atoms with Crippen LogP contribution in [0.4, 0.5) is 4.39 Å². The van der Waals surface area contributed by atoms with Crippen LogP contribution in [-0.4, -0.2) is 25.1 Å². The summed E-state index contributed by atoms with van der Waals surface area (Å²) in [7, 11) is 3.14.